The lowest BCUT2D eigenvalue weighted by molar-refractivity contribution is 0.0354. The van der Waals surface area contributed by atoms with Gasteiger partial charge in [0.15, 0.2) is 0 Å². The highest BCUT2D eigenvalue weighted by molar-refractivity contribution is 7.09. The van der Waals surface area contributed by atoms with Crippen LogP contribution in [0.15, 0.2) is 17.5 Å². The minimum atomic E-state index is 0.406. The van der Waals surface area contributed by atoms with Crippen LogP contribution in [0.5, 0.6) is 0 Å². The first kappa shape index (κ1) is 13.6. The summed E-state index contributed by atoms with van der Waals surface area (Å²) in [6.07, 6.45) is 5.33. The van der Waals surface area contributed by atoms with E-state index >= 15 is 0 Å². The molecule has 2 heterocycles. The van der Waals surface area contributed by atoms with E-state index < -0.39 is 0 Å². The van der Waals surface area contributed by atoms with Gasteiger partial charge in [0.2, 0.25) is 0 Å². The summed E-state index contributed by atoms with van der Waals surface area (Å²) in [6.45, 7) is 8.42. The van der Waals surface area contributed by atoms with Crippen molar-refractivity contribution in [2.45, 2.75) is 51.1 Å². The number of rotatable bonds is 5. The Kier molecular flexibility index (Phi) is 3.97. The van der Waals surface area contributed by atoms with Crippen LogP contribution >= 0.6 is 11.3 Å². The quantitative estimate of drug-likeness (QED) is 0.890. The molecule has 3 heteroatoms. The third-order valence-corrected chi connectivity index (χ3v) is 6.01. The molecule has 0 spiro atoms. The average molecular weight is 278 g/mol. The molecule has 0 aromatic carbocycles. The molecule has 1 saturated heterocycles. The van der Waals surface area contributed by atoms with Crippen LogP contribution in [0.3, 0.4) is 0 Å². The molecule has 1 saturated carbocycles. The molecule has 1 aliphatic carbocycles. The molecule has 2 atom stereocenters. The minimum absolute atomic E-state index is 0.406. The summed E-state index contributed by atoms with van der Waals surface area (Å²) in [5.74, 6) is 0.932. The third-order valence-electron chi connectivity index (χ3n) is 5.07. The van der Waals surface area contributed by atoms with E-state index in [1.165, 1.54) is 50.2 Å². The SMILES string of the molecule is CCC1CN(CCc2cccs2)C(C)(C2CC2)CN1. The van der Waals surface area contributed by atoms with Gasteiger partial charge in [-0.25, -0.2) is 0 Å². The molecule has 1 aromatic rings. The van der Waals surface area contributed by atoms with Crippen LogP contribution in [-0.2, 0) is 6.42 Å². The number of nitrogens with zero attached hydrogens (tertiary/aromatic N) is 1. The van der Waals surface area contributed by atoms with Gasteiger partial charge in [0, 0.05) is 36.1 Å². The predicted molar refractivity (Wildman–Crippen MR) is 82.8 cm³/mol. The van der Waals surface area contributed by atoms with E-state index in [2.05, 4.69) is 41.6 Å². The minimum Gasteiger partial charge on any atom is -0.311 e. The van der Waals surface area contributed by atoms with E-state index in [4.69, 9.17) is 0 Å². The van der Waals surface area contributed by atoms with Crippen LogP contribution in [0.2, 0.25) is 0 Å². The number of nitrogens with one attached hydrogen (secondary N) is 1. The summed E-state index contributed by atoms with van der Waals surface area (Å²) >= 11 is 1.90. The molecule has 1 aromatic heterocycles. The molecule has 19 heavy (non-hydrogen) atoms. The van der Waals surface area contributed by atoms with Gasteiger partial charge in [-0.05, 0) is 50.0 Å². The normalized spacial score (nSPS) is 32.6. The smallest absolute Gasteiger partial charge is 0.0334 e. The standard InChI is InChI=1S/C16H26N2S/c1-3-14-11-18(9-8-15-5-4-10-19-15)16(2,12-17-14)13-6-7-13/h4-5,10,13-14,17H,3,6-9,11-12H2,1-2H3. The highest BCUT2D eigenvalue weighted by Gasteiger charge is 2.47. The van der Waals surface area contributed by atoms with Crippen LogP contribution in [0.4, 0.5) is 0 Å². The Morgan fingerprint density at radius 2 is 2.32 bits per heavy atom. The molecule has 2 fully saturated rings. The molecule has 1 aliphatic heterocycles. The number of piperazine rings is 1. The maximum Gasteiger partial charge on any atom is 0.0334 e. The first-order valence-corrected chi connectivity index (χ1v) is 8.61. The van der Waals surface area contributed by atoms with E-state index in [0.29, 0.717) is 11.6 Å². The second-order valence-electron chi connectivity index (χ2n) is 6.39. The molecule has 2 aliphatic rings. The Hall–Kier alpha value is -0.380. The van der Waals surface area contributed by atoms with E-state index in [1.807, 2.05) is 11.3 Å². The van der Waals surface area contributed by atoms with Gasteiger partial charge >= 0.3 is 0 Å². The Morgan fingerprint density at radius 3 is 2.95 bits per heavy atom. The summed E-state index contributed by atoms with van der Waals surface area (Å²) < 4.78 is 0. The fraction of sp³-hybridized carbons (Fsp3) is 0.750. The lowest BCUT2D eigenvalue weighted by Gasteiger charge is -2.48. The lowest BCUT2D eigenvalue weighted by atomic mass is 9.89. The maximum absolute atomic E-state index is 3.76. The Morgan fingerprint density at radius 1 is 1.47 bits per heavy atom. The zero-order valence-electron chi connectivity index (χ0n) is 12.2. The lowest BCUT2D eigenvalue weighted by Crippen LogP contribution is -2.64. The second-order valence-corrected chi connectivity index (χ2v) is 7.43. The first-order chi connectivity index (χ1) is 9.22. The van der Waals surface area contributed by atoms with Crippen molar-refractivity contribution in [3.8, 4) is 0 Å². The molecule has 1 N–H and O–H groups in total. The summed E-state index contributed by atoms with van der Waals surface area (Å²) in [4.78, 5) is 4.32. The average Bonchev–Trinajstić information content (AvgIpc) is 3.16. The zero-order valence-corrected chi connectivity index (χ0v) is 13.0. The van der Waals surface area contributed by atoms with Gasteiger partial charge in [0.25, 0.3) is 0 Å². The van der Waals surface area contributed by atoms with Crippen molar-refractivity contribution in [2.24, 2.45) is 5.92 Å². The Labute approximate surface area is 121 Å². The van der Waals surface area contributed by atoms with E-state index in [-0.39, 0.29) is 0 Å². The molecule has 0 bridgehead atoms. The van der Waals surface area contributed by atoms with Crippen molar-refractivity contribution in [1.82, 2.24) is 10.2 Å². The van der Waals surface area contributed by atoms with Crippen LogP contribution in [0, 0.1) is 5.92 Å². The molecular weight excluding hydrogens is 252 g/mol. The van der Waals surface area contributed by atoms with Crippen molar-refractivity contribution in [3.63, 3.8) is 0 Å². The van der Waals surface area contributed by atoms with Gasteiger partial charge in [-0.3, -0.25) is 4.90 Å². The summed E-state index contributed by atoms with van der Waals surface area (Å²) in [5.41, 5.74) is 0.406. The highest BCUT2D eigenvalue weighted by Crippen LogP contribution is 2.44. The number of thiophene rings is 1. The molecule has 106 valence electrons. The van der Waals surface area contributed by atoms with Crippen LogP contribution in [0.1, 0.15) is 38.0 Å². The topological polar surface area (TPSA) is 15.3 Å². The van der Waals surface area contributed by atoms with Crippen molar-refractivity contribution >= 4 is 11.3 Å². The van der Waals surface area contributed by atoms with Crippen LogP contribution in [0.25, 0.3) is 0 Å². The van der Waals surface area contributed by atoms with Gasteiger partial charge in [-0.15, -0.1) is 11.3 Å². The van der Waals surface area contributed by atoms with Crippen molar-refractivity contribution in [2.75, 3.05) is 19.6 Å². The molecule has 2 nitrogen and oxygen atoms in total. The van der Waals surface area contributed by atoms with Gasteiger partial charge in [0.1, 0.15) is 0 Å². The second kappa shape index (κ2) is 5.55. The van der Waals surface area contributed by atoms with Gasteiger partial charge in [-0.2, -0.15) is 0 Å². The molecule has 0 amide bonds. The maximum atomic E-state index is 3.76. The summed E-state index contributed by atoms with van der Waals surface area (Å²) in [5, 5.41) is 5.96. The fourth-order valence-electron chi connectivity index (χ4n) is 3.43. The largest absolute Gasteiger partial charge is 0.311 e. The fourth-order valence-corrected chi connectivity index (χ4v) is 4.13. The van der Waals surface area contributed by atoms with E-state index in [0.717, 1.165) is 5.92 Å². The Bertz CT molecular complexity index is 399. The zero-order chi connectivity index (χ0) is 13.3. The van der Waals surface area contributed by atoms with Gasteiger partial charge in [-0.1, -0.05) is 13.0 Å². The van der Waals surface area contributed by atoms with Crippen molar-refractivity contribution in [1.29, 1.82) is 0 Å². The summed E-state index contributed by atoms with van der Waals surface area (Å²) in [6, 6.07) is 5.14. The highest BCUT2D eigenvalue weighted by atomic mass is 32.1. The Balaban J connectivity index is 1.66. The number of hydrogen-bond acceptors (Lipinski definition) is 3. The van der Waals surface area contributed by atoms with E-state index in [9.17, 15) is 0 Å². The van der Waals surface area contributed by atoms with Crippen LogP contribution < -0.4 is 5.32 Å². The van der Waals surface area contributed by atoms with E-state index in [1.54, 1.807) is 0 Å². The molecular formula is C16H26N2S. The van der Waals surface area contributed by atoms with Gasteiger partial charge < -0.3 is 5.32 Å². The van der Waals surface area contributed by atoms with Crippen molar-refractivity contribution < 1.29 is 0 Å². The summed E-state index contributed by atoms with van der Waals surface area (Å²) in [7, 11) is 0. The third kappa shape index (κ3) is 2.88. The molecule has 2 unspecified atom stereocenters. The monoisotopic (exact) mass is 278 g/mol. The first-order valence-electron chi connectivity index (χ1n) is 7.73. The molecule has 0 radical (unpaired) electrons. The van der Waals surface area contributed by atoms with Crippen molar-refractivity contribution in [3.05, 3.63) is 22.4 Å². The van der Waals surface area contributed by atoms with Crippen LogP contribution in [-0.4, -0.2) is 36.1 Å². The number of hydrogen-bond donors (Lipinski definition) is 1. The predicted octanol–water partition coefficient (Wildman–Crippen LogP) is 3.14. The molecule has 3 rings (SSSR count). The van der Waals surface area contributed by atoms with Gasteiger partial charge in [0.05, 0.1) is 0 Å².